The Hall–Kier alpha value is -1.82. The third-order valence-corrected chi connectivity index (χ3v) is 2.51. The molecule has 2 N–H and O–H groups in total. The van der Waals surface area contributed by atoms with E-state index in [0.717, 1.165) is 6.07 Å². The Kier molecular flexibility index (Phi) is 3.43. The quantitative estimate of drug-likeness (QED) is 0.826. The van der Waals surface area contributed by atoms with Gasteiger partial charge in [0, 0.05) is 24.5 Å². The van der Waals surface area contributed by atoms with E-state index in [4.69, 9.17) is 9.84 Å². The zero-order valence-electron chi connectivity index (χ0n) is 9.15. The highest BCUT2D eigenvalue weighted by molar-refractivity contribution is 5.83. The van der Waals surface area contributed by atoms with Crippen LogP contribution in [0.2, 0.25) is 0 Å². The number of benzene rings is 1. The number of ether oxygens (including phenoxy) is 1. The summed E-state index contributed by atoms with van der Waals surface area (Å²) in [7, 11) is 0. The largest absolute Gasteiger partial charge is 0.465 e. The second kappa shape index (κ2) is 5.01. The van der Waals surface area contributed by atoms with Gasteiger partial charge in [-0.1, -0.05) is 0 Å². The number of amides is 1. The molecule has 6 heteroatoms. The molecule has 0 saturated carbocycles. The van der Waals surface area contributed by atoms with Crippen LogP contribution in [0.5, 0.6) is 0 Å². The molecular formula is C11H13FN2O3. The molecule has 0 atom stereocenters. The smallest absolute Gasteiger partial charge is 0.409 e. The number of rotatable bonds is 2. The van der Waals surface area contributed by atoms with Crippen molar-refractivity contribution in [3.8, 4) is 0 Å². The fourth-order valence-electron chi connectivity index (χ4n) is 1.77. The van der Waals surface area contributed by atoms with E-state index in [1.807, 2.05) is 4.90 Å². The molecule has 0 radical (unpaired) electrons. The molecule has 0 aliphatic carbocycles. The topological polar surface area (TPSA) is 61.8 Å². The highest BCUT2D eigenvalue weighted by Crippen LogP contribution is 2.22. The van der Waals surface area contributed by atoms with Crippen LogP contribution in [0.3, 0.4) is 0 Å². The number of carboxylic acid groups (broad SMARTS) is 1. The Morgan fingerprint density at radius 1 is 1.35 bits per heavy atom. The summed E-state index contributed by atoms with van der Waals surface area (Å²) < 4.78 is 18.5. The van der Waals surface area contributed by atoms with E-state index in [-0.39, 0.29) is 5.69 Å². The molecule has 1 amide bonds. The van der Waals surface area contributed by atoms with Crippen molar-refractivity contribution >= 4 is 17.5 Å². The minimum atomic E-state index is -1.21. The summed E-state index contributed by atoms with van der Waals surface area (Å²) in [4.78, 5) is 12.5. The van der Waals surface area contributed by atoms with Crippen molar-refractivity contribution in [3.63, 3.8) is 0 Å². The van der Waals surface area contributed by atoms with E-state index < -0.39 is 11.9 Å². The molecule has 1 aliphatic rings. The van der Waals surface area contributed by atoms with E-state index in [2.05, 4.69) is 5.32 Å². The Morgan fingerprint density at radius 3 is 2.71 bits per heavy atom. The van der Waals surface area contributed by atoms with E-state index in [1.165, 1.54) is 6.07 Å². The van der Waals surface area contributed by atoms with Crippen molar-refractivity contribution in [2.75, 3.05) is 36.5 Å². The molecule has 1 fully saturated rings. The first-order chi connectivity index (χ1) is 8.15. The van der Waals surface area contributed by atoms with E-state index in [1.54, 1.807) is 6.07 Å². The molecule has 0 bridgehead atoms. The van der Waals surface area contributed by atoms with Crippen LogP contribution in [0, 0.1) is 5.82 Å². The first kappa shape index (κ1) is 11.7. The van der Waals surface area contributed by atoms with Gasteiger partial charge >= 0.3 is 6.09 Å². The third-order valence-electron chi connectivity index (χ3n) is 2.51. The maximum Gasteiger partial charge on any atom is 0.409 e. The minimum Gasteiger partial charge on any atom is -0.465 e. The van der Waals surface area contributed by atoms with Crippen molar-refractivity contribution in [1.29, 1.82) is 0 Å². The number of hydrogen-bond donors (Lipinski definition) is 2. The molecule has 1 aliphatic heterocycles. The van der Waals surface area contributed by atoms with Crippen molar-refractivity contribution in [2.45, 2.75) is 0 Å². The molecule has 1 heterocycles. The summed E-state index contributed by atoms with van der Waals surface area (Å²) >= 11 is 0. The highest BCUT2D eigenvalue weighted by Gasteiger charge is 2.13. The van der Waals surface area contributed by atoms with Gasteiger partial charge in [0.1, 0.15) is 5.82 Å². The molecular weight excluding hydrogens is 227 g/mol. The van der Waals surface area contributed by atoms with Crippen molar-refractivity contribution in [1.82, 2.24) is 0 Å². The van der Waals surface area contributed by atoms with Gasteiger partial charge in [-0.3, -0.25) is 5.32 Å². The zero-order valence-corrected chi connectivity index (χ0v) is 9.15. The van der Waals surface area contributed by atoms with Crippen LogP contribution >= 0.6 is 0 Å². The van der Waals surface area contributed by atoms with Crippen LogP contribution in [-0.4, -0.2) is 37.5 Å². The lowest BCUT2D eigenvalue weighted by Gasteiger charge is -2.29. The molecule has 1 saturated heterocycles. The Balaban J connectivity index is 2.20. The van der Waals surface area contributed by atoms with Crippen LogP contribution in [0.25, 0.3) is 0 Å². The summed E-state index contributed by atoms with van der Waals surface area (Å²) in [5, 5.41) is 10.7. The predicted molar refractivity (Wildman–Crippen MR) is 61.1 cm³/mol. The van der Waals surface area contributed by atoms with Gasteiger partial charge in [-0.2, -0.15) is 0 Å². The number of hydrogen-bond acceptors (Lipinski definition) is 3. The van der Waals surface area contributed by atoms with Crippen molar-refractivity contribution in [3.05, 3.63) is 24.0 Å². The first-order valence-electron chi connectivity index (χ1n) is 5.28. The summed E-state index contributed by atoms with van der Waals surface area (Å²) in [5.74, 6) is -0.460. The lowest BCUT2D eigenvalue weighted by Crippen LogP contribution is -2.36. The second-order valence-corrected chi connectivity index (χ2v) is 3.73. The third kappa shape index (κ3) is 3.07. The van der Waals surface area contributed by atoms with Crippen molar-refractivity contribution < 1.29 is 19.0 Å². The van der Waals surface area contributed by atoms with E-state index >= 15 is 0 Å². The Morgan fingerprint density at radius 2 is 2.06 bits per heavy atom. The normalized spacial score (nSPS) is 15.7. The predicted octanol–water partition coefficient (Wildman–Crippen LogP) is 1.75. The maximum absolute atomic E-state index is 13.3. The van der Waals surface area contributed by atoms with E-state index in [0.29, 0.717) is 32.0 Å². The molecule has 2 rings (SSSR count). The summed E-state index contributed by atoms with van der Waals surface area (Å²) in [6.07, 6.45) is -1.21. The van der Waals surface area contributed by atoms with Gasteiger partial charge in [-0.25, -0.2) is 9.18 Å². The van der Waals surface area contributed by atoms with Crippen molar-refractivity contribution in [2.24, 2.45) is 0 Å². The van der Waals surface area contributed by atoms with Gasteiger partial charge in [0.15, 0.2) is 0 Å². The lowest BCUT2D eigenvalue weighted by atomic mass is 10.2. The molecule has 5 nitrogen and oxygen atoms in total. The monoisotopic (exact) mass is 240 g/mol. The van der Waals surface area contributed by atoms with E-state index in [9.17, 15) is 9.18 Å². The molecule has 0 unspecified atom stereocenters. The first-order valence-corrected chi connectivity index (χ1v) is 5.28. The molecule has 0 spiro atoms. The number of anilines is 2. The van der Waals surface area contributed by atoms with Crippen LogP contribution < -0.4 is 10.2 Å². The van der Waals surface area contributed by atoms with Gasteiger partial charge < -0.3 is 14.7 Å². The fraction of sp³-hybridized carbons (Fsp3) is 0.364. The van der Waals surface area contributed by atoms with Crippen LogP contribution in [-0.2, 0) is 4.74 Å². The summed E-state index contributed by atoms with van der Waals surface area (Å²) in [6, 6.07) is 4.15. The Bertz CT molecular complexity index is 419. The fourth-order valence-corrected chi connectivity index (χ4v) is 1.77. The standard InChI is InChI=1S/C11H13FN2O3/c12-8-5-9(13-11(15)16)7-10(6-8)14-1-3-17-4-2-14/h5-7,13H,1-4H2,(H,15,16). The number of nitrogens with zero attached hydrogens (tertiary/aromatic N) is 1. The number of carbonyl (C=O) groups is 1. The molecule has 1 aromatic rings. The number of nitrogens with one attached hydrogen (secondary N) is 1. The van der Waals surface area contributed by atoms with Crippen LogP contribution in [0.1, 0.15) is 0 Å². The summed E-state index contributed by atoms with van der Waals surface area (Å²) in [6.45, 7) is 2.54. The lowest BCUT2D eigenvalue weighted by molar-refractivity contribution is 0.122. The number of halogens is 1. The summed E-state index contributed by atoms with van der Waals surface area (Å²) in [5.41, 5.74) is 0.899. The highest BCUT2D eigenvalue weighted by atomic mass is 19.1. The molecule has 92 valence electrons. The van der Waals surface area contributed by atoms with Gasteiger partial charge in [-0.05, 0) is 18.2 Å². The second-order valence-electron chi connectivity index (χ2n) is 3.73. The van der Waals surface area contributed by atoms with Gasteiger partial charge in [0.25, 0.3) is 0 Å². The molecule has 17 heavy (non-hydrogen) atoms. The maximum atomic E-state index is 13.3. The average molecular weight is 240 g/mol. The van der Waals surface area contributed by atoms with Crippen LogP contribution in [0.4, 0.5) is 20.6 Å². The Labute approximate surface area is 97.8 Å². The average Bonchev–Trinajstić information content (AvgIpc) is 2.28. The SMILES string of the molecule is O=C(O)Nc1cc(F)cc(N2CCOCC2)c1. The number of morpholine rings is 1. The van der Waals surface area contributed by atoms with Gasteiger partial charge in [0.2, 0.25) is 0 Å². The molecule has 0 aromatic heterocycles. The minimum absolute atomic E-state index is 0.235. The zero-order chi connectivity index (χ0) is 12.3. The van der Waals surface area contributed by atoms with Gasteiger partial charge in [-0.15, -0.1) is 0 Å². The van der Waals surface area contributed by atoms with Gasteiger partial charge in [0.05, 0.1) is 13.2 Å². The molecule has 1 aromatic carbocycles. The van der Waals surface area contributed by atoms with Crippen LogP contribution in [0.15, 0.2) is 18.2 Å².